The first-order valence-electron chi connectivity index (χ1n) is 5.99. The largest absolute Gasteiger partial charge is 0.478 e. The first kappa shape index (κ1) is 15.2. The maximum Gasteiger partial charge on any atom is 0.337 e. The van der Waals surface area contributed by atoms with Crippen LogP contribution in [0.1, 0.15) is 26.3 Å². The fourth-order valence-electron chi connectivity index (χ4n) is 1.80. The molecule has 0 heterocycles. The first-order chi connectivity index (χ1) is 9.88. The highest BCUT2D eigenvalue weighted by molar-refractivity contribution is 9.10. The molecule has 0 aliphatic rings. The second kappa shape index (κ2) is 6.05. The molecule has 0 spiro atoms. The van der Waals surface area contributed by atoms with E-state index in [0.29, 0.717) is 10.0 Å². The van der Waals surface area contributed by atoms with Crippen molar-refractivity contribution in [2.45, 2.75) is 6.92 Å². The zero-order chi connectivity index (χ0) is 15.6. The third kappa shape index (κ3) is 3.46. The van der Waals surface area contributed by atoms with Crippen LogP contribution in [0.15, 0.2) is 40.9 Å². The van der Waals surface area contributed by atoms with Gasteiger partial charge in [0, 0.05) is 4.47 Å². The van der Waals surface area contributed by atoms with E-state index >= 15 is 0 Å². The van der Waals surface area contributed by atoms with Gasteiger partial charge in [-0.05, 0) is 58.7 Å². The molecule has 6 heteroatoms. The molecule has 108 valence electrons. The summed E-state index contributed by atoms with van der Waals surface area (Å²) in [5.41, 5.74) is 1.08. The van der Waals surface area contributed by atoms with Crippen LogP contribution in [0.25, 0.3) is 0 Å². The van der Waals surface area contributed by atoms with Gasteiger partial charge in [0.15, 0.2) is 0 Å². The van der Waals surface area contributed by atoms with Crippen molar-refractivity contribution in [3.05, 3.63) is 63.4 Å². The number of carbonyl (C=O) groups excluding carboxylic acids is 1. The van der Waals surface area contributed by atoms with E-state index in [1.807, 2.05) is 6.92 Å². The number of carbonyl (C=O) groups is 2. The van der Waals surface area contributed by atoms with E-state index in [1.165, 1.54) is 6.07 Å². The molecule has 21 heavy (non-hydrogen) atoms. The minimum atomic E-state index is -1.31. The number of hydrogen-bond donors (Lipinski definition) is 2. The summed E-state index contributed by atoms with van der Waals surface area (Å²) in [6, 6.07) is 8.34. The highest BCUT2D eigenvalue weighted by Gasteiger charge is 2.16. The summed E-state index contributed by atoms with van der Waals surface area (Å²) >= 11 is 3.28. The monoisotopic (exact) mass is 351 g/mol. The molecule has 0 aliphatic carbocycles. The van der Waals surface area contributed by atoms with Crippen LogP contribution in [0.4, 0.5) is 10.1 Å². The third-order valence-corrected chi connectivity index (χ3v) is 3.49. The molecule has 0 saturated carbocycles. The summed E-state index contributed by atoms with van der Waals surface area (Å²) in [6.45, 7) is 1.88. The van der Waals surface area contributed by atoms with Gasteiger partial charge in [0.2, 0.25) is 0 Å². The van der Waals surface area contributed by atoms with Gasteiger partial charge in [-0.2, -0.15) is 0 Å². The van der Waals surface area contributed by atoms with Gasteiger partial charge in [-0.3, -0.25) is 4.79 Å². The van der Waals surface area contributed by atoms with Crippen molar-refractivity contribution in [2.24, 2.45) is 0 Å². The number of benzene rings is 2. The van der Waals surface area contributed by atoms with Crippen molar-refractivity contribution in [1.29, 1.82) is 0 Å². The summed E-state index contributed by atoms with van der Waals surface area (Å²) in [5.74, 6) is -2.47. The van der Waals surface area contributed by atoms with Crippen molar-refractivity contribution >= 4 is 33.5 Å². The van der Waals surface area contributed by atoms with Crippen LogP contribution in [0, 0.1) is 12.7 Å². The van der Waals surface area contributed by atoms with E-state index < -0.39 is 17.7 Å². The highest BCUT2D eigenvalue weighted by atomic mass is 79.9. The first-order valence-corrected chi connectivity index (χ1v) is 6.78. The lowest BCUT2D eigenvalue weighted by molar-refractivity contribution is 0.0697. The SMILES string of the molecule is Cc1ccc(C(=O)Nc2ccc(F)cc2C(=O)O)c(Br)c1. The number of halogens is 2. The minimum Gasteiger partial charge on any atom is -0.478 e. The molecule has 2 N–H and O–H groups in total. The quantitative estimate of drug-likeness (QED) is 0.882. The van der Waals surface area contributed by atoms with Crippen molar-refractivity contribution < 1.29 is 19.1 Å². The fourth-order valence-corrected chi connectivity index (χ4v) is 2.47. The van der Waals surface area contributed by atoms with Gasteiger partial charge in [0.1, 0.15) is 5.82 Å². The zero-order valence-corrected chi connectivity index (χ0v) is 12.6. The van der Waals surface area contributed by atoms with Crippen LogP contribution in [0.2, 0.25) is 0 Å². The van der Waals surface area contributed by atoms with Crippen LogP contribution in [0.5, 0.6) is 0 Å². The Balaban J connectivity index is 2.34. The van der Waals surface area contributed by atoms with Gasteiger partial charge in [-0.25, -0.2) is 9.18 Å². The summed E-state index contributed by atoms with van der Waals surface area (Å²) in [5, 5.41) is 11.5. The van der Waals surface area contributed by atoms with Crippen molar-refractivity contribution in [1.82, 2.24) is 0 Å². The number of nitrogens with one attached hydrogen (secondary N) is 1. The number of anilines is 1. The molecule has 0 aliphatic heterocycles. The van der Waals surface area contributed by atoms with Crippen molar-refractivity contribution in [2.75, 3.05) is 5.32 Å². The average molecular weight is 352 g/mol. The predicted octanol–water partition coefficient (Wildman–Crippen LogP) is 3.85. The number of carboxylic acids is 1. The number of hydrogen-bond acceptors (Lipinski definition) is 2. The molecule has 0 bridgehead atoms. The normalized spacial score (nSPS) is 10.2. The number of aryl methyl sites for hydroxylation is 1. The maximum absolute atomic E-state index is 13.1. The van der Waals surface area contributed by atoms with E-state index in [1.54, 1.807) is 18.2 Å². The number of amides is 1. The lowest BCUT2D eigenvalue weighted by Gasteiger charge is -2.10. The molecule has 1 amide bonds. The van der Waals surface area contributed by atoms with Gasteiger partial charge < -0.3 is 10.4 Å². The van der Waals surface area contributed by atoms with E-state index in [-0.39, 0.29) is 11.3 Å². The van der Waals surface area contributed by atoms with E-state index in [2.05, 4.69) is 21.2 Å². The molecule has 2 aromatic rings. The van der Waals surface area contributed by atoms with E-state index in [4.69, 9.17) is 5.11 Å². The van der Waals surface area contributed by atoms with Crippen molar-refractivity contribution in [3.8, 4) is 0 Å². The topological polar surface area (TPSA) is 66.4 Å². The van der Waals surface area contributed by atoms with Crippen molar-refractivity contribution in [3.63, 3.8) is 0 Å². The molecule has 4 nitrogen and oxygen atoms in total. The average Bonchev–Trinajstić information content (AvgIpc) is 2.40. The Kier molecular flexibility index (Phi) is 4.37. The predicted molar refractivity (Wildman–Crippen MR) is 80.2 cm³/mol. The third-order valence-electron chi connectivity index (χ3n) is 2.83. The summed E-state index contributed by atoms with van der Waals surface area (Å²) in [4.78, 5) is 23.3. The molecule has 2 rings (SSSR count). The maximum atomic E-state index is 13.1. The zero-order valence-electron chi connectivity index (χ0n) is 11.0. The molecule has 0 radical (unpaired) electrons. The van der Waals surface area contributed by atoms with E-state index in [0.717, 1.165) is 17.7 Å². The lowest BCUT2D eigenvalue weighted by Crippen LogP contribution is -2.15. The Morgan fingerprint density at radius 1 is 1.14 bits per heavy atom. The Bertz CT molecular complexity index is 731. The number of carboxylic acid groups (broad SMARTS) is 1. The van der Waals surface area contributed by atoms with Gasteiger partial charge in [0.25, 0.3) is 5.91 Å². The molecule has 2 aromatic carbocycles. The number of rotatable bonds is 3. The molecular formula is C15H11BrFNO3. The second-order valence-corrected chi connectivity index (χ2v) is 5.29. The molecule has 0 saturated heterocycles. The van der Waals surface area contributed by atoms with Gasteiger partial charge >= 0.3 is 5.97 Å². The summed E-state index contributed by atoms with van der Waals surface area (Å²) < 4.78 is 13.7. The van der Waals surface area contributed by atoms with Crippen LogP contribution < -0.4 is 5.32 Å². The molecule has 0 aromatic heterocycles. The van der Waals surface area contributed by atoms with Crippen LogP contribution in [-0.2, 0) is 0 Å². The highest BCUT2D eigenvalue weighted by Crippen LogP contribution is 2.22. The van der Waals surface area contributed by atoms with E-state index in [9.17, 15) is 14.0 Å². The molecule has 0 fully saturated rings. The second-order valence-electron chi connectivity index (χ2n) is 4.43. The Labute approximate surface area is 128 Å². The number of aromatic carboxylic acids is 1. The Morgan fingerprint density at radius 3 is 2.48 bits per heavy atom. The summed E-state index contributed by atoms with van der Waals surface area (Å²) in [6.07, 6.45) is 0. The Hall–Kier alpha value is -2.21. The van der Waals surface area contributed by atoms with Gasteiger partial charge in [0.05, 0.1) is 16.8 Å². The molecular weight excluding hydrogens is 341 g/mol. The smallest absolute Gasteiger partial charge is 0.337 e. The van der Waals surface area contributed by atoms with Crippen LogP contribution in [-0.4, -0.2) is 17.0 Å². The van der Waals surface area contributed by atoms with Gasteiger partial charge in [-0.1, -0.05) is 6.07 Å². The van der Waals surface area contributed by atoms with Gasteiger partial charge in [-0.15, -0.1) is 0 Å². The molecule has 0 unspecified atom stereocenters. The Morgan fingerprint density at radius 2 is 1.86 bits per heavy atom. The summed E-state index contributed by atoms with van der Waals surface area (Å²) in [7, 11) is 0. The van der Waals surface area contributed by atoms with Crippen LogP contribution in [0.3, 0.4) is 0 Å². The standard InChI is InChI=1S/C15H11BrFNO3/c1-8-2-4-10(12(16)6-8)14(19)18-13-5-3-9(17)7-11(13)15(20)21/h2-7H,1H3,(H,18,19)(H,20,21). The fraction of sp³-hybridized carbons (Fsp3) is 0.0667. The molecule has 0 atom stereocenters. The van der Waals surface area contributed by atoms with Crippen LogP contribution >= 0.6 is 15.9 Å². The lowest BCUT2D eigenvalue weighted by atomic mass is 10.1. The minimum absolute atomic E-state index is 0.0429.